The molecule has 0 aromatic heterocycles. The summed E-state index contributed by atoms with van der Waals surface area (Å²) in [6, 6.07) is 54.3. The molecule has 7 aromatic carbocycles. The van der Waals surface area contributed by atoms with E-state index in [0.29, 0.717) is 13.4 Å². The van der Waals surface area contributed by atoms with Crippen LogP contribution in [0.4, 0.5) is 0 Å². The van der Waals surface area contributed by atoms with Crippen LogP contribution in [0.25, 0.3) is 46.6 Å². The van der Waals surface area contributed by atoms with Gasteiger partial charge in [-0.1, -0.05) is 186 Å². The van der Waals surface area contributed by atoms with Gasteiger partial charge >= 0.3 is 23.1 Å². The second kappa shape index (κ2) is 20.1. The molecular formula is C51H43B2BrCl2Mg. The van der Waals surface area contributed by atoms with E-state index in [1.165, 1.54) is 83.0 Å². The molecule has 0 amide bonds. The van der Waals surface area contributed by atoms with E-state index in [1.807, 2.05) is 48.5 Å². The van der Waals surface area contributed by atoms with Gasteiger partial charge in [0, 0.05) is 10.0 Å². The van der Waals surface area contributed by atoms with Crippen molar-refractivity contribution in [3.05, 3.63) is 201 Å². The summed E-state index contributed by atoms with van der Waals surface area (Å²) in [6.07, 6.45) is 8.79. The molecule has 0 atom stereocenters. The summed E-state index contributed by atoms with van der Waals surface area (Å²) >= 11 is 12.1. The van der Waals surface area contributed by atoms with Crippen molar-refractivity contribution in [2.24, 2.45) is 0 Å². The Bertz CT molecular complexity index is 2360. The van der Waals surface area contributed by atoms with Crippen molar-refractivity contribution >= 4 is 106 Å². The van der Waals surface area contributed by atoms with Crippen molar-refractivity contribution in [1.82, 2.24) is 0 Å². The number of aryl methyl sites for hydroxylation is 3. The molecule has 0 aliphatic carbocycles. The Morgan fingerprint density at radius 1 is 0.386 bits per heavy atom. The van der Waals surface area contributed by atoms with Crippen LogP contribution in [-0.2, 0) is 0 Å². The zero-order chi connectivity index (χ0) is 38.5. The van der Waals surface area contributed by atoms with Crippen LogP contribution >= 0.6 is 23.2 Å². The van der Waals surface area contributed by atoms with E-state index >= 15 is 0 Å². The average Bonchev–Trinajstić information content (AvgIpc) is 3.42. The number of hydrogen-bond acceptors (Lipinski definition) is 0. The number of fused-ring (bicyclic) bond motifs is 4. The van der Waals surface area contributed by atoms with E-state index in [-0.39, 0.29) is 40.0 Å². The van der Waals surface area contributed by atoms with Gasteiger partial charge in [-0.25, -0.2) is 0 Å². The first kappa shape index (κ1) is 44.1. The summed E-state index contributed by atoms with van der Waals surface area (Å²) in [5.74, 6) is 0. The smallest absolute Gasteiger partial charge is 1.00 e. The van der Waals surface area contributed by atoms with E-state index < -0.39 is 0 Å². The van der Waals surface area contributed by atoms with Crippen LogP contribution in [0, 0.1) is 26.8 Å². The summed E-state index contributed by atoms with van der Waals surface area (Å²) in [6.45, 7) is 11.6. The number of rotatable bonds is 2. The van der Waals surface area contributed by atoms with Crippen LogP contribution < -0.4 is 38.8 Å². The molecule has 0 spiro atoms. The first-order chi connectivity index (χ1) is 26.6. The number of halogens is 3. The predicted molar refractivity (Wildman–Crippen MR) is 252 cm³/mol. The van der Waals surface area contributed by atoms with E-state index in [4.69, 9.17) is 23.2 Å². The SMILES string of the molecule is CB1c2ccc(-c3ccc(C)cc3)cc2C=Cc2cc(-c3ccc(C)cc3)ccc21.CB1c2ccc(Cl)cc2C=Cc2cc(Cl)ccc21.Cc1cc[c-]cc1.[Br-].[Mg+2]. The van der Waals surface area contributed by atoms with Gasteiger partial charge in [0.2, 0.25) is 13.4 Å². The van der Waals surface area contributed by atoms with Gasteiger partial charge in [-0.15, -0.1) is 0 Å². The minimum Gasteiger partial charge on any atom is -1.00 e. The molecule has 0 radical (unpaired) electrons. The van der Waals surface area contributed by atoms with E-state index in [0.717, 1.165) is 10.0 Å². The molecule has 7 aromatic rings. The average molecular weight is 853 g/mol. The second-order valence-corrected chi connectivity index (χ2v) is 15.5. The van der Waals surface area contributed by atoms with Gasteiger partial charge in [0.15, 0.2) is 0 Å². The van der Waals surface area contributed by atoms with Crippen LogP contribution in [-0.4, -0.2) is 36.5 Å². The molecule has 0 saturated heterocycles. The Kier molecular flexibility index (Phi) is 15.5. The van der Waals surface area contributed by atoms with Gasteiger partial charge in [0.05, 0.1) is 0 Å². The molecule has 0 nitrogen and oxygen atoms in total. The second-order valence-electron chi connectivity index (χ2n) is 14.7. The van der Waals surface area contributed by atoms with E-state index in [1.54, 1.807) is 0 Å². The van der Waals surface area contributed by atoms with Gasteiger partial charge in [-0.2, -0.15) is 35.9 Å². The molecule has 0 N–H and O–H groups in total. The topological polar surface area (TPSA) is 0 Å². The zero-order valence-corrected chi connectivity index (χ0v) is 37.7. The molecule has 0 bridgehead atoms. The molecule has 2 heterocycles. The maximum absolute atomic E-state index is 6.06. The normalized spacial score (nSPS) is 11.6. The Morgan fingerprint density at radius 3 is 1.02 bits per heavy atom. The molecule has 57 heavy (non-hydrogen) atoms. The maximum Gasteiger partial charge on any atom is 2.00 e. The third-order valence-electron chi connectivity index (χ3n) is 10.7. The fraction of sp³-hybridized carbons (Fsp3) is 0.0980. The Morgan fingerprint density at radius 2 is 0.684 bits per heavy atom. The van der Waals surface area contributed by atoms with Gasteiger partial charge in [0.25, 0.3) is 0 Å². The monoisotopic (exact) mass is 850 g/mol. The van der Waals surface area contributed by atoms with Gasteiger partial charge in [0.1, 0.15) is 0 Å². The van der Waals surface area contributed by atoms with Gasteiger partial charge in [-0.05, 0) is 94.8 Å². The van der Waals surface area contributed by atoms with E-state index in [2.05, 4.69) is 162 Å². The van der Waals surface area contributed by atoms with Crippen molar-refractivity contribution in [2.75, 3.05) is 0 Å². The molecule has 0 saturated carbocycles. The third kappa shape index (κ3) is 10.7. The summed E-state index contributed by atoms with van der Waals surface area (Å²) < 4.78 is 0. The van der Waals surface area contributed by atoms with Crippen LogP contribution in [0.3, 0.4) is 0 Å². The molecule has 0 fully saturated rings. The maximum atomic E-state index is 6.06. The molecule has 6 heteroatoms. The Labute approximate surface area is 377 Å². The Hall–Kier alpha value is -4.02. The standard InChI is InChI=1S/C29H25B.C15H11BCl2.C7H7.BrH.Mg/c1-20-4-8-22(9-5-20)24-14-16-28-26(18-24)12-13-27-19-25(15-17-29(27)30(28)3)23-10-6-21(2)7-11-23;1-16-14-6-4-12(17)8-10(14)2-3-11-9-13(18)5-7-15(11)16;1-7-5-3-2-4-6-7;;/h4-19H,1-3H3;2-9H,1H3;3-6H,1H3;1H;/q;;-1;;+2/p-1. The Balaban J connectivity index is 0.000000194. The fourth-order valence-corrected chi connectivity index (χ4v) is 7.77. The summed E-state index contributed by atoms with van der Waals surface area (Å²) in [7, 11) is 0. The van der Waals surface area contributed by atoms with Gasteiger partial charge in [-0.3, -0.25) is 0 Å². The molecular weight excluding hydrogens is 809 g/mol. The van der Waals surface area contributed by atoms with Crippen molar-refractivity contribution in [3.63, 3.8) is 0 Å². The third-order valence-corrected chi connectivity index (χ3v) is 11.1. The quantitative estimate of drug-likeness (QED) is 0.121. The fourth-order valence-electron chi connectivity index (χ4n) is 7.41. The zero-order valence-electron chi connectivity index (χ0n) is 33.2. The molecule has 2 aliphatic heterocycles. The van der Waals surface area contributed by atoms with Gasteiger partial charge < -0.3 is 17.0 Å². The van der Waals surface area contributed by atoms with Crippen molar-refractivity contribution in [3.8, 4) is 22.3 Å². The van der Waals surface area contributed by atoms with Crippen molar-refractivity contribution in [1.29, 1.82) is 0 Å². The van der Waals surface area contributed by atoms with Crippen molar-refractivity contribution in [2.45, 2.75) is 34.4 Å². The summed E-state index contributed by atoms with van der Waals surface area (Å²) in [5, 5.41) is 1.55. The van der Waals surface area contributed by atoms with Crippen molar-refractivity contribution < 1.29 is 17.0 Å². The molecule has 9 rings (SSSR count). The number of benzene rings is 7. The largest absolute Gasteiger partial charge is 2.00 e. The molecule has 2 aliphatic rings. The molecule has 0 unspecified atom stereocenters. The predicted octanol–water partition coefficient (Wildman–Crippen LogP) is 8.49. The van der Waals surface area contributed by atoms with Crippen LogP contribution in [0.1, 0.15) is 38.9 Å². The van der Waals surface area contributed by atoms with Crippen LogP contribution in [0.15, 0.2) is 146 Å². The molecule has 276 valence electrons. The minimum absolute atomic E-state index is 0. The van der Waals surface area contributed by atoms with Crippen LogP contribution in [0.5, 0.6) is 0 Å². The first-order valence-electron chi connectivity index (χ1n) is 18.9. The van der Waals surface area contributed by atoms with Crippen LogP contribution in [0.2, 0.25) is 23.7 Å². The first-order valence-corrected chi connectivity index (χ1v) is 19.7. The summed E-state index contributed by atoms with van der Waals surface area (Å²) in [5.41, 5.74) is 19.4. The minimum atomic E-state index is 0. The summed E-state index contributed by atoms with van der Waals surface area (Å²) in [4.78, 5) is 0. The van der Waals surface area contributed by atoms with E-state index in [9.17, 15) is 0 Å². The number of hydrogen-bond donors (Lipinski definition) is 0.